The van der Waals surface area contributed by atoms with Gasteiger partial charge in [0.2, 0.25) is 5.91 Å². The largest absolute Gasteiger partial charge is 0.382 e. The smallest absolute Gasteiger partial charge is 0.242 e. The first kappa shape index (κ1) is 16.1. The number of likely N-dealkylation sites (N-methyl/N-ethyl adjacent to an activating group) is 1. The summed E-state index contributed by atoms with van der Waals surface area (Å²) in [6, 6.07) is 5.45. The molecular formula is C16H19N3O3. The minimum absolute atomic E-state index is 0.115. The number of rotatable bonds is 4. The molecule has 0 aromatic heterocycles. The van der Waals surface area contributed by atoms with E-state index >= 15 is 0 Å². The normalized spacial score (nSPS) is 22.7. The first-order valence-electron chi connectivity index (χ1n) is 6.90. The average Bonchev–Trinajstić information content (AvgIpc) is 2.81. The summed E-state index contributed by atoms with van der Waals surface area (Å²) < 4.78 is 0. The fourth-order valence-electron chi connectivity index (χ4n) is 2.88. The van der Waals surface area contributed by atoms with E-state index in [9.17, 15) is 20.0 Å². The second-order valence-electron chi connectivity index (χ2n) is 6.18. The molecule has 3 N–H and O–H groups in total. The van der Waals surface area contributed by atoms with Crippen LogP contribution in [0.2, 0.25) is 0 Å². The summed E-state index contributed by atoms with van der Waals surface area (Å²) in [5.41, 5.74) is 5.30. The van der Waals surface area contributed by atoms with Gasteiger partial charge in [-0.15, -0.1) is 0 Å². The molecule has 0 radical (unpaired) electrons. The zero-order valence-corrected chi connectivity index (χ0v) is 12.9. The molecule has 116 valence electrons. The number of carbonyl (C=O) groups is 2. The summed E-state index contributed by atoms with van der Waals surface area (Å²) >= 11 is 0. The minimum atomic E-state index is -1.48. The van der Waals surface area contributed by atoms with Crippen LogP contribution >= 0.6 is 0 Å². The molecule has 1 amide bonds. The molecule has 2 atom stereocenters. The Bertz CT molecular complexity index is 693. The quantitative estimate of drug-likeness (QED) is 0.752. The molecule has 1 aliphatic rings. The van der Waals surface area contributed by atoms with Crippen LogP contribution in [0.3, 0.4) is 0 Å². The molecule has 2 unspecified atom stereocenters. The maximum atomic E-state index is 11.9. The molecule has 0 bridgehead atoms. The van der Waals surface area contributed by atoms with Crippen molar-refractivity contribution in [3.05, 3.63) is 34.4 Å². The summed E-state index contributed by atoms with van der Waals surface area (Å²) in [5.74, 6) is -0.537. The Labute approximate surface area is 129 Å². The summed E-state index contributed by atoms with van der Waals surface area (Å²) in [7, 11) is 3.46. The van der Waals surface area contributed by atoms with Crippen molar-refractivity contribution in [2.75, 3.05) is 14.1 Å². The van der Waals surface area contributed by atoms with E-state index in [1.54, 1.807) is 38.1 Å². The van der Waals surface area contributed by atoms with Crippen LogP contribution in [0.4, 0.5) is 0 Å². The number of nitrogens with two attached hydrogens (primary N) is 1. The predicted molar refractivity (Wildman–Crippen MR) is 79.8 cm³/mol. The van der Waals surface area contributed by atoms with Gasteiger partial charge in [0.1, 0.15) is 11.1 Å². The number of amides is 1. The van der Waals surface area contributed by atoms with E-state index in [-0.39, 0.29) is 12.8 Å². The predicted octanol–water partition coefficient (Wildman–Crippen LogP) is -0.151. The first-order chi connectivity index (χ1) is 10.2. The number of carbonyl (C=O) groups excluding carboxylic acids is 2. The number of benzene rings is 1. The number of fused-ring (bicyclic) bond motifs is 1. The lowest BCUT2D eigenvalue weighted by Gasteiger charge is -2.34. The van der Waals surface area contributed by atoms with Crippen molar-refractivity contribution >= 4 is 12.2 Å². The number of hydrogen-bond donors (Lipinski definition) is 2. The summed E-state index contributed by atoms with van der Waals surface area (Å²) in [4.78, 5) is 24.7. The first-order valence-corrected chi connectivity index (χ1v) is 6.90. The fraction of sp³-hybridized carbons (Fsp3) is 0.438. The van der Waals surface area contributed by atoms with Crippen molar-refractivity contribution in [3.8, 4) is 6.07 Å². The van der Waals surface area contributed by atoms with Gasteiger partial charge in [-0.3, -0.25) is 9.69 Å². The van der Waals surface area contributed by atoms with Crippen molar-refractivity contribution in [2.24, 2.45) is 5.73 Å². The number of aldehydes is 1. The van der Waals surface area contributed by atoms with Gasteiger partial charge in [-0.2, -0.15) is 5.26 Å². The van der Waals surface area contributed by atoms with Crippen LogP contribution in [0.25, 0.3) is 0 Å². The van der Waals surface area contributed by atoms with Crippen LogP contribution in [0, 0.1) is 11.3 Å². The molecule has 1 aromatic carbocycles. The molecule has 0 aliphatic heterocycles. The van der Waals surface area contributed by atoms with Gasteiger partial charge >= 0.3 is 0 Å². The molecule has 6 heteroatoms. The Hall–Kier alpha value is -2.23. The van der Waals surface area contributed by atoms with Crippen LogP contribution in [0.5, 0.6) is 0 Å². The third-order valence-electron chi connectivity index (χ3n) is 4.60. The van der Waals surface area contributed by atoms with Crippen molar-refractivity contribution in [1.82, 2.24) is 4.90 Å². The Kier molecular flexibility index (Phi) is 3.81. The van der Waals surface area contributed by atoms with Crippen LogP contribution in [0.15, 0.2) is 12.1 Å². The van der Waals surface area contributed by atoms with Gasteiger partial charge < -0.3 is 15.6 Å². The van der Waals surface area contributed by atoms with Crippen molar-refractivity contribution in [2.45, 2.75) is 30.9 Å². The lowest BCUT2D eigenvalue weighted by molar-refractivity contribution is -0.128. The Balaban J connectivity index is 2.65. The SMILES string of the molecule is CN(C)C(C)(C(N)=O)c1cc(C#N)c2c(c1)CC(O)(C=O)C2. The molecule has 1 aromatic rings. The van der Waals surface area contributed by atoms with Crippen LogP contribution < -0.4 is 5.73 Å². The van der Waals surface area contributed by atoms with Crippen molar-refractivity contribution < 1.29 is 14.7 Å². The molecule has 0 saturated heterocycles. The van der Waals surface area contributed by atoms with E-state index < -0.39 is 17.0 Å². The standard InChI is InChI=1S/C16H19N3O3/c1-15(14(18)21,19(2)3)12-4-10-6-16(22,9-20)7-13(10)11(5-12)8-17/h4-5,9,22H,6-7H2,1-3H3,(H2,18,21). The van der Waals surface area contributed by atoms with Crippen LogP contribution in [-0.2, 0) is 28.0 Å². The van der Waals surface area contributed by atoms with Gasteiger partial charge in [-0.05, 0) is 43.8 Å². The lowest BCUT2D eigenvalue weighted by Crippen LogP contribution is -2.49. The van der Waals surface area contributed by atoms with Crippen LogP contribution in [0.1, 0.15) is 29.2 Å². The van der Waals surface area contributed by atoms with Crippen molar-refractivity contribution in [1.29, 1.82) is 5.26 Å². The molecule has 6 nitrogen and oxygen atoms in total. The summed E-state index contributed by atoms with van der Waals surface area (Å²) in [6.07, 6.45) is 0.758. The third-order valence-corrected chi connectivity index (χ3v) is 4.60. The van der Waals surface area contributed by atoms with Gasteiger partial charge in [-0.1, -0.05) is 6.07 Å². The van der Waals surface area contributed by atoms with Crippen LogP contribution in [-0.4, -0.2) is 41.9 Å². The third kappa shape index (κ3) is 2.28. The maximum absolute atomic E-state index is 11.9. The summed E-state index contributed by atoms with van der Waals surface area (Å²) in [6.45, 7) is 1.68. The fourth-order valence-corrected chi connectivity index (χ4v) is 2.88. The van der Waals surface area contributed by atoms with E-state index in [0.29, 0.717) is 28.5 Å². The highest BCUT2D eigenvalue weighted by molar-refractivity contribution is 5.86. The van der Waals surface area contributed by atoms with E-state index in [0.717, 1.165) is 0 Å². The number of nitriles is 1. The molecular weight excluding hydrogens is 282 g/mol. The Morgan fingerprint density at radius 1 is 1.50 bits per heavy atom. The van der Waals surface area contributed by atoms with E-state index in [1.165, 1.54) is 0 Å². The van der Waals surface area contributed by atoms with Gasteiger partial charge in [0, 0.05) is 12.8 Å². The van der Waals surface area contributed by atoms with E-state index in [2.05, 4.69) is 6.07 Å². The average molecular weight is 301 g/mol. The van der Waals surface area contributed by atoms with E-state index in [4.69, 9.17) is 5.73 Å². The monoisotopic (exact) mass is 301 g/mol. The van der Waals surface area contributed by atoms with Gasteiger partial charge in [0.25, 0.3) is 0 Å². The topological polar surface area (TPSA) is 107 Å². The highest BCUT2D eigenvalue weighted by Gasteiger charge is 2.41. The number of primary amides is 1. The Morgan fingerprint density at radius 3 is 2.59 bits per heavy atom. The molecule has 0 heterocycles. The van der Waals surface area contributed by atoms with E-state index in [1.807, 2.05) is 0 Å². The number of hydrogen-bond acceptors (Lipinski definition) is 5. The maximum Gasteiger partial charge on any atom is 0.242 e. The molecule has 0 fully saturated rings. The minimum Gasteiger partial charge on any atom is -0.382 e. The summed E-state index contributed by atoms with van der Waals surface area (Å²) in [5, 5.41) is 19.5. The second-order valence-corrected chi connectivity index (χ2v) is 6.18. The highest BCUT2D eigenvalue weighted by atomic mass is 16.3. The van der Waals surface area contributed by atoms with Gasteiger partial charge in [0.05, 0.1) is 11.6 Å². The zero-order chi connectivity index (χ0) is 16.7. The van der Waals surface area contributed by atoms with Crippen molar-refractivity contribution in [3.63, 3.8) is 0 Å². The second kappa shape index (κ2) is 5.20. The molecule has 1 aliphatic carbocycles. The zero-order valence-electron chi connectivity index (χ0n) is 12.9. The number of nitrogens with zero attached hydrogens (tertiary/aromatic N) is 2. The Morgan fingerprint density at radius 2 is 2.14 bits per heavy atom. The highest BCUT2D eigenvalue weighted by Crippen LogP contribution is 2.36. The molecule has 0 saturated carbocycles. The van der Waals surface area contributed by atoms with Gasteiger partial charge in [-0.25, -0.2) is 0 Å². The lowest BCUT2D eigenvalue weighted by atomic mass is 9.86. The molecule has 22 heavy (non-hydrogen) atoms. The molecule has 0 spiro atoms. The molecule has 2 rings (SSSR count). The van der Waals surface area contributed by atoms with Gasteiger partial charge in [0.15, 0.2) is 6.29 Å². The number of aliphatic hydroxyl groups is 1.